The summed E-state index contributed by atoms with van der Waals surface area (Å²) >= 11 is 0. The van der Waals surface area contributed by atoms with E-state index in [9.17, 15) is 0 Å². The Morgan fingerprint density at radius 2 is 1.56 bits per heavy atom. The van der Waals surface area contributed by atoms with Crippen LogP contribution in [0.4, 0.5) is 0 Å². The molecule has 0 bridgehead atoms. The minimum absolute atomic E-state index is 0.926. The third-order valence-electron chi connectivity index (χ3n) is 5.27. The molecule has 0 aliphatic heterocycles. The molecule has 5 aromatic rings. The smallest absolute Gasteiger partial charge is 0.216 e. The lowest BCUT2D eigenvalue weighted by Gasteiger charge is -2.05. The summed E-state index contributed by atoms with van der Waals surface area (Å²) in [5.41, 5.74) is 7.84. The molecule has 0 aliphatic carbocycles. The Morgan fingerprint density at radius 3 is 2.37 bits per heavy atom. The number of fused-ring (bicyclic) bond motifs is 3. The molecule has 2 nitrogen and oxygen atoms in total. The first-order chi connectivity index (χ1) is 13.2. The van der Waals surface area contributed by atoms with Crippen LogP contribution in [-0.4, -0.2) is 0 Å². The van der Waals surface area contributed by atoms with Gasteiger partial charge in [0.2, 0.25) is 5.69 Å². The van der Waals surface area contributed by atoms with Crippen molar-refractivity contribution >= 4 is 21.9 Å². The van der Waals surface area contributed by atoms with Crippen molar-refractivity contribution in [1.82, 2.24) is 0 Å². The van der Waals surface area contributed by atoms with Crippen LogP contribution in [0, 0.1) is 6.92 Å². The normalized spacial score (nSPS) is 11.3. The van der Waals surface area contributed by atoms with Crippen LogP contribution in [0.25, 0.3) is 44.3 Å². The molecule has 27 heavy (non-hydrogen) atoms. The third kappa shape index (κ3) is 2.53. The maximum atomic E-state index is 6.35. The Labute approximate surface area is 158 Å². The molecule has 2 aromatic heterocycles. The average molecular weight is 350 g/mol. The molecule has 0 radical (unpaired) electrons. The third-order valence-corrected chi connectivity index (χ3v) is 5.27. The summed E-state index contributed by atoms with van der Waals surface area (Å²) in [7, 11) is 2.07. The van der Waals surface area contributed by atoms with Gasteiger partial charge in [-0.1, -0.05) is 48.5 Å². The van der Waals surface area contributed by atoms with Gasteiger partial charge in [0, 0.05) is 22.9 Å². The second-order valence-electron chi connectivity index (χ2n) is 7.01. The molecule has 0 fully saturated rings. The fraction of sp³-hybridized carbons (Fsp3) is 0.0800. The van der Waals surface area contributed by atoms with Crippen LogP contribution < -0.4 is 4.57 Å². The van der Waals surface area contributed by atoms with E-state index in [4.69, 9.17) is 4.42 Å². The molecule has 0 amide bonds. The molecular formula is C25H20NO+. The summed E-state index contributed by atoms with van der Waals surface area (Å²) in [5.74, 6) is 0. The Balaban J connectivity index is 1.81. The lowest BCUT2D eigenvalue weighted by Crippen LogP contribution is -2.30. The molecule has 5 rings (SSSR count). The summed E-state index contributed by atoms with van der Waals surface area (Å²) in [4.78, 5) is 0. The van der Waals surface area contributed by atoms with Crippen LogP contribution in [0.15, 0.2) is 89.5 Å². The zero-order chi connectivity index (χ0) is 18.4. The van der Waals surface area contributed by atoms with Gasteiger partial charge >= 0.3 is 0 Å². The van der Waals surface area contributed by atoms with Crippen molar-refractivity contribution < 1.29 is 8.98 Å². The summed E-state index contributed by atoms with van der Waals surface area (Å²) in [5, 5.41) is 2.32. The van der Waals surface area contributed by atoms with Gasteiger partial charge in [-0.05, 0) is 41.8 Å². The Morgan fingerprint density at radius 1 is 0.741 bits per heavy atom. The van der Waals surface area contributed by atoms with E-state index >= 15 is 0 Å². The Kier molecular flexibility index (Phi) is 3.58. The highest BCUT2D eigenvalue weighted by atomic mass is 16.3. The lowest BCUT2D eigenvalue weighted by molar-refractivity contribution is -0.660. The number of nitrogens with zero attached hydrogens (tertiary/aromatic N) is 1. The predicted molar refractivity (Wildman–Crippen MR) is 111 cm³/mol. The van der Waals surface area contributed by atoms with Crippen molar-refractivity contribution in [2.24, 2.45) is 7.05 Å². The molecule has 0 spiro atoms. The molecule has 0 atom stereocenters. The van der Waals surface area contributed by atoms with E-state index < -0.39 is 0 Å². The van der Waals surface area contributed by atoms with Gasteiger partial charge in [-0.3, -0.25) is 0 Å². The molecular weight excluding hydrogens is 330 g/mol. The lowest BCUT2D eigenvalue weighted by atomic mass is 9.99. The van der Waals surface area contributed by atoms with Crippen LogP contribution in [0.3, 0.4) is 0 Å². The quantitative estimate of drug-likeness (QED) is 0.354. The van der Waals surface area contributed by atoms with E-state index in [0.29, 0.717) is 0 Å². The minimum atomic E-state index is 0.926. The number of pyridine rings is 1. The van der Waals surface area contributed by atoms with Gasteiger partial charge < -0.3 is 4.42 Å². The molecule has 2 heteroatoms. The number of aromatic nitrogens is 1. The molecule has 0 saturated carbocycles. The van der Waals surface area contributed by atoms with Crippen LogP contribution in [-0.2, 0) is 7.05 Å². The first kappa shape index (κ1) is 15.8. The van der Waals surface area contributed by atoms with Crippen LogP contribution in [0.1, 0.15) is 5.56 Å². The zero-order valence-electron chi connectivity index (χ0n) is 15.4. The van der Waals surface area contributed by atoms with Gasteiger partial charge in [0.15, 0.2) is 6.20 Å². The largest absolute Gasteiger partial charge is 0.455 e. The van der Waals surface area contributed by atoms with Crippen molar-refractivity contribution in [3.05, 3.63) is 90.6 Å². The maximum absolute atomic E-state index is 6.35. The van der Waals surface area contributed by atoms with Crippen molar-refractivity contribution in [2.45, 2.75) is 6.92 Å². The van der Waals surface area contributed by atoms with Crippen LogP contribution in [0.2, 0.25) is 0 Å². The van der Waals surface area contributed by atoms with E-state index in [1.165, 1.54) is 16.7 Å². The van der Waals surface area contributed by atoms with E-state index in [1.807, 2.05) is 12.1 Å². The average Bonchev–Trinajstić information content (AvgIpc) is 3.07. The Bertz CT molecular complexity index is 1280. The highest BCUT2D eigenvalue weighted by Crippen LogP contribution is 2.38. The SMILES string of the molecule is Cc1ccc2c(oc3ccc(-c4ccccc4)cc32)c1-c1cccc[n+]1C. The molecule has 0 N–H and O–H groups in total. The predicted octanol–water partition coefficient (Wildman–Crippen LogP) is 6.05. The fourth-order valence-corrected chi connectivity index (χ4v) is 3.85. The monoisotopic (exact) mass is 350 g/mol. The summed E-state index contributed by atoms with van der Waals surface area (Å²) < 4.78 is 8.49. The molecule has 0 aliphatic rings. The van der Waals surface area contributed by atoms with Gasteiger partial charge in [0.25, 0.3) is 0 Å². The molecule has 0 saturated heterocycles. The minimum Gasteiger partial charge on any atom is -0.455 e. The van der Waals surface area contributed by atoms with Crippen molar-refractivity contribution in [3.8, 4) is 22.4 Å². The number of hydrogen-bond acceptors (Lipinski definition) is 1. The second-order valence-corrected chi connectivity index (χ2v) is 7.01. The number of aryl methyl sites for hydroxylation is 2. The van der Waals surface area contributed by atoms with Crippen molar-refractivity contribution in [3.63, 3.8) is 0 Å². The number of benzene rings is 3. The second kappa shape index (κ2) is 6.10. The van der Waals surface area contributed by atoms with E-state index in [0.717, 1.165) is 33.2 Å². The molecule has 130 valence electrons. The maximum Gasteiger partial charge on any atom is 0.216 e. The van der Waals surface area contributed by atoms with Gasteiger partial charge in [-0.15, -0.1) is 0 Å². The van der Waals surface area contributed by atoms with E-state index in [1.54, 1.807) is 0 Å². The molecule has 2 heterocycles. The Hall–Kier alpha value is -3.39. The zero-order valence-corrected chi connectivity index (χ0v) is 15.4. The highest BCUT2D eigenvalue weighted by Gasteiger charge is 2.20. The first-order valence-corrected chi connectivity index (χ1v) is 9.19. The first-order valence-electron chi connectivity index (χ1n) is 9.19. The van der Waals surface area contributed by atoms with Gasteiger partial charge in [-0.2, -0.15) is 0 Å². The molecule has 3 aromatic carbocycles. The van der Waals surface area contributed by atoms with Crippen molar-refractivity contribution in [2.75, 3.05) is 0 Å². The highest BCUT2D eigenvalue weighted by molar-refractivity contribution is 6.10. The topological polar surface area (TPSA) is 17.0 Å². The van der Waals surface area contributed by atoms with Crippen LogP contribution in [0.5, 0.6) is 0 Å². The van der Waals surface area contributed by atoms with E-state index in [2.05, 4.69) is 91.5 Å². The van der Waals surface area contributed by atoms with Crippen molar-refractivity contribution in [1.29, 1.82) is 0 Å². The summed E-state index contributed by atoms with van der Waals surface area (Å²) in [6.45, 7) is 2.14. The van der Waals surface area contributed by atoms with Gasteiger partial charge in [0.05, 0.1) is 5.56 Å². The van der Waals surface area contributed by atoms with Gasteiger partial charge in [-0.25, -0.2) is 4.57 Å². The number of furan rings is 1. The van der Waals surface area contributed by atoms with Gasteiger partial charge in [0.1, 0.15) is 18.2 Å². The summed E-state index contributed by atoms with van der Waals surface area (Å²) in [6.07, 6.45) is 2.07. The van der Waals surface area contributed by atoms with Crippen LogP contribution >= 0.6 is 0 Å². The summed E-state index contributed by atoms with van der Waals surface area (Å²) in [6, 6.07) is 27.6. The van der Waals surface area contributed by atoms with E-state index in [-0.39, 0.29) is 0 Å². The fourth-order valence-electron chi connectivity index (χ4n) is 3.85. The number of rotatable bonds is 2. The number of hydrogen-bond donors (Lipinski definition) is 0. The molecule has 0 unspecified atom stereocenters. The standard InChI is InChI=1S/C25H20NO/c1-17-11-13-20-21-16-19(18-8-4-3-5-9-18)12-14-23(21)27-25(20)24(17)22-10-6-7-15-26(22)2/h3-16H,1-2H3/q+1.